The third-order valence-electron chi connectivity index (χ3n) is 4.64. The van der Waals surface area contributed by atoms with E-state index in [4.69, 9.17) is 16.3 Å². The Balaban J connectivity index is 1.44. The summed E-state index contributed by atoms with van der Waals surface area (Å²) in [5.41, 5.74) is 1.11. The first-order chi connectivity index (χ1) is 10.9. The van der Waals surface area contributed by atoms with Gasteiger partial charge < -0.3 is 4.74 Å². The second-order valence-electron chi connectivity index (χ2n) is 6.76. The van der Waals surface area contributed by atoms with Crippen molar-refractivity contribution in [2.24, 2.45) is 5.92 Å². The lowest BCUT2D eigenvalue weighted by Gasteiger charge is -2.53. The number of benzene rings is 1. The number of hydrogen-bond donors (Lipinski definition) is 1. The average molecular weight is 359 g/mol. The van der Waals surface area contributed by atoms with Crippen molar-refractivity contribution in [1.29, 1.82) is 0 Å². The molecule has 2 aliphatic heterocycles. The fourth-order valence-corrected chi connectivity index (χ4v) is 4.08. The van der Waals surface area contributed by atoms with Gasteiger partial charge in [0.25, 0.3) is 0 Å². The van der Waals surface area contributed by atoms with Crippen LogP contribution in [0.25, 0.3) is 0 Å². The zero-order chi connectivity index (χ0) is 16.5. The predicted octanol–water partition coefficient (Wildman–Crippen LogP) is 1.87. The van der Waals surface area contributed by atoms with Gasteiger partial charge in [0, 0.05) is 31.2 Å². The molecule has 5 nitrogen and oxygen atoms in total. The predicted molar refractivity (Wildman–Crippen MR) is 91.0 cm³/mol. The van der Waals surface area contributed by atoms with E-state index in [0.29, 0.717) is 13.2 Å². The van der Waals surface area contributed by atoms with Crippen LogP contribution in [-0.2, 0) is 21.3 Å². The van der Waals surface area contributed by atoms with Gasteiger partial charge in [-0.1, -0.05) is 29.8 Å². The first-order valence-corrected chi connectivity index (χ1v) is 10.2. The summed E-state index contributed by atoms with van der Waals surface area (Å²) in [6, 6.07) is 7.93. The zero-order valence-electron chi connectivity index (χ0n) is 13.3. The van der Waals surface area contributed by atoms with Gasteiger partial charge in [-0.15, -0.1) is 0 Å². The van der Waals surface area contributed by atoms with Gasteiger partial charge in [-0.2, -0.15) is 0 Å². The highest BCUT2D eigenvalue weighted by Crippen LogP contribution is 2.37. The highest BCUT2D eigenvalue weighted by Gasteiger charge is 2.46. The third-order valence-corrected chi connectivity index (χ3v) is 5.70. The van der Waals surface area contributed by atoms with Crippen LogP contribution in [0.3, 0.4) is 0 Å². The van der Waals surface area contributed by atoms with Crippen molar-refractivity contribution in [1.82, 2.24) is 9.62 Å². The maximum Gasteiger partial charge on any atom is 0.208 e. The fraction of sp³-hybridized carbons (Fsp3) is 0.625. The molecule has 1 N–H and O–H groups in total. The number of likely N-dealkylation sites (tertiary alicyclic amines) is 1. The minimum atomic E-state index is -3.12. The summed E-state index contributed by atoms with van der Waals surface area (Å²) in [6.45, 7) is 3.79. The van der Waals surface area contributed by atoms with E-state index in [1.807, 2.05) is 18.2 Å². The molecule has 0 unspecified atom stereocenters. The smallest absolute Gasteiger partial charge is 0.208 e. The van der Waals surface area contributed by atoms with Gasteiger partial charge in [-0.05, 0) is 30.4 Å². The van der Waals surface area contributed by atoms with Crippen LogP contribution in [0.1, 0.15) is 18.4 Å². The van der Waals surface area contributed by atoms with Crippen LogP contribution in [0.4, 0.5) is 0 Å². The number of nitrogens with zero attached hydrogens (tertiary/aromatic N) is 1. The molecule has 23 heavy (non-hydrogen) atoms. The Labute approximate surface area is 143 Å². The summed E-state index contributed by atoms with van der Waals surface area (Å²) in [6.07, 6.45) is 3.18. The van der Waals surface area contributed by atoms with Crippen molar-refractivity contribution in [3.63, 3.8) is 0 Å². The Morgan fingerprint density at radius 3 is 2.74 bits per heavy atom. The first-order valence-electron chi connectivity index (χ1n) is 7.90. The van der Waals surface area contributed by atoms with E-state index in [9.17, 15) is 8.42 Å². The minimum absolute atomic E-state index is 0.0388. The standard InChI is InChI=1S/C16H23ClN2O3S/c1-23(20,21)18-8-13-6-7-16(22-10-13)11-19(12-16)9-14-4-2-3-5-15(14)17/h2-5,13,18H,6-12H2,1H3/t13-/m0/s1. The van der Waals surface area contributed by atoms with E-state index in [1.165, 1.54) is 6.26 Å². The molecule has 0 aromatic heterocycles. The molecule has 2 saturated heterocycles. The minimum Gasteiger partial charge on any atom is -0.372 e. The van der Waals surface area contributed by atoms with E-state index in [1.54, 1.807) is 0 Å². The SMILES string of the molecule is CS(=O)(=O)NC[C@@H]1CCC2(CN(Cc3ccccc3Cl)C2)OC1. The van der Waals surface area contributed by atoms with Crippen molar-refractivity contribution in [3.05, 3.63) is 34.9 Å². The lowest BCUT2D eigenvalue weighted by Crippen LogP contribution is -2.64. The second-order valence-corrected chi connectivity index (χ2v) is 9.00. The molecule has 0 bridgehead atoms. The number of ether oxygens (including phenoxy) is 1. The van der Waals surface area contributed by atoms with Crippen molar-refractivity contribution in [3.8, 4) is 0 Å². The van der Waals surface area contributed by atoms with E-state index >= 15 is 0 Å². The quantitative estimate of drug-likeness (QED) is 0.873. The number of hydrogen-bond acceptors (Lipinski definition) is 4. The monoisotopic (exact) mass is 358 g/mol. The Morgan fingerprint density at radius 2 is 2.13 bits per heavy atom. The van der Waals surface area contributed by atoms with Gasteiger partial charge in [-0.3, -0.25) is 4.90 Å². The molecule has 0 amide bonds. The molecule has 1 aromatic carbocycles. The van der Waals surface area contributed by atoms with Gasteiger partial charge in [-0.25, -0.2) is 13.1 Å². The number of halogens is 1. The summed E-state index contributed by atoms with van der Waals surface area (Å²) >= 11 is 6.20. The van der Waals surface area contributed by atoms with Crippen LogP contribution in [0.2, 0.25) is 5.02 Å². The number of nitrogens with one attached hydrogen (secondary N) is 1. The van der Waals surface area contributed by atoms with E-state index in [0.717, 1.165) is 43.1 Å². The molecule has 3 rings (SSSR count). The molecule has 1 aromatic rings. The third kappa shape index (κ3) is 4.45. The largest absolute Gasteiger partial charge is 0.372 e. The van der Waals surface area contributed by atoms with Gasteiger partial charge in [0.2, 0.25) is 10.0 Å². The van der Waals surface area contributed by atoms with Crippen LogP contribution >= 0.6 is 11.6 Å². The van der Waals surface area contributed by atoms with Crippen LogP contribution < -0.4 is 4.72 Å². The zero-order valence-corrected chi connectivity index (χ0v) is 14.9. The maximum atomic E-state index is 11.1. The molecule has 2 fully saturated rings. The van der Waals surface area contributed by atoms with Crippen molar-refractivity contribution < 1.29 is 13.2 Å². The summed E-state index contributed by atoms with van der Waals surface area (Å²) in [7, 11) is -3.12. The molecular formula is C16H23ClN2O3S. The summed E-state index contributed by atoms with van der Waals surface area (Å²) in [5.74, 6) is 0.271. The Morgan fingerprint density at radius 1 is 1.39 bits per heavy atom. The highest BCUT2D eigenvalue weighted by molar-refractivity contribution is 7.88. The van der Waals surface area contributed by atoms with Crippen molar-refractivity contribution >= 4 is 21.6 Å². The number of rotatable bonds is 5. The molecule has 0 aliphatic carbocycles. The van der Waals surface area contributed by atoms with Crippen LogP contribution in [0, 0.1) is 5.92 Å². The molecule has 7 heteroatoms. The van der Waals surface area contributed by atoms with Crippen LogP contribution in [-0.4, -0.2) is 51.4 Å². The number of sulfonamides is 1. The van der Waals surface area contributed by atoms with E-state index in [-0.39, 0.29) is 11.5 Å². The average Bonchev–Trinajstić information content (AvgIpc) is 2.46. The molecule has 0 radical (unpaired) electrons. The second kappa shape index (κ2) is 6.69. The van der Waals surface area contributed by atoms with E-state index < -0.39 is 10.0 Å². The lowest BCUT2D eigenvalue weighted by molar-refractivity contribution is -0.181. The molecule has 2 aliphatic rings. The fourth-order valence-electron chi connectivity index (χ4n) is 3.34. The molecule has 1 atom stereocenters. The van der Waals surface area contributed by atoms with Crippen LogP contribution in [0.5, 0.6) is 0 Å². The molecule has 2 heterocycles. The molecular weight excluding hydrogens is 336 g/mol. The maximum absolute atomic E-state index is 11.1. The van der Waals surface area contributed by atoms with Gasteiger partial charge >= 0.3 is 0 Å². The summed E-state index contributed by atoms with van der Waals surface area (Å²) in [5, 5.41) is 0.810. The Hall–Kier alpha value is -0.660. The normalized spacial score (nSPS) is 24.5. The summed E-state index contributed by atoms with van der Waals surface area (Å²) < 4.78 is 30.9. The van der Waals surface area contributed by atoms with Crippen molar-refractivity contribution in [2.45, 2.75) is 25.0 Å². The molecule has 1 spiro atoms. The van der Waals surface area contributed by atoms with Gasteiger partial charge in [0.1, 0.15) is 0 Å². The molecule has 128 valence electrons. The Kier molecular flexibility index (Phi) is 4.99. The van der Waals surface area contributed by atoms with E-state index in [2.05, 4.69) is 15.7 Å². The van der Waals surface area contributed by atoms with Gasteiger partial charge in [0.15, 0.2) is 0 Å². The van der Waals surface area contributed by atoms with Gasteiger partial charge in [0.05, 0.1) is 18.5 Å². The molecule has 0 saturated carbocycles. The lowest BCUT2D eigenvalue weighted by atomic mass is 9.83. The van der Waals surface area contributed by atoms with Crippen molar-refractivity contribution in [2.75, 3.05) is 32.5 Å². The highest BCUT2D eigenvalue weighted by atomic mass is 35.5. The summed E-state index contributed by atoms with van der Waals surface area (Å²) in [4.78, 5) is 2.34. The Bertz CT molecular complexity index is 649. The van der Waals surface area contributed by atoms with Crippen LogP contribution in [0.15, 0.2) is 24.3 Å². The topological polar surface area (TPSA) is 58.6 Å². The first kappa shape index (κ1) is 17.2.